The number of hydrogen-bond donors (Lipinski definition) is 2. The fourth-order valence-corrected chi connectivity index (χ4v) is 1.77. The maximum absolute atomic E-state index is 11.3. The Balaban J connectivity index is 3.83. The van der Waals surface area contributed by atoms with Crippen LogP contribution in [0.4, 0.5) is 0 Å². The quantitative estimate of drug-likeness (QED) is 0.617. The summed E-state index contributed by atoms with van der Waals surface area (Å²) in [5.41, 5.74) is 0. The number of aliphatic hydroxyl groups is 1. The molecule has 2 N–H and O–H groups in total. The minimum Gasteiger partial charge on any atom is -0.396 e. The molecule has 0 aromatic carbocycles. The molecule has 0 fully saturated rings. The third kappa shape index (κ3) is 5.72. The monoisotopic (exact) mass is 234 g/mol. The number of nitrogens with zero attached hydrogens (tertiary/aromatic N) is 1. The third-order valence-electron chi connectivity index (χ3n) is 2.14. The number of hydrogen-bond acceptors (Lipinski definition) is 4. The second kappa shape index (κ2) is 6.77. The van der Waals surface area contributed by atoms with Gasteiger partial charge in [0.25, 0.3) is 0 Å². The summed E-state index contributed by atoms with van der Waals surface area (Å²) in [4.78, 5) is 0. The van der Waals surface area contributed by atoms with E-state index in [1.807, 2.05) is 6.92 Å². The molecule has 0 heterocycles. The van der Waals surface area contributed by atoms with Crippen LogP contribution in [-0.4, -0.2) is 31.9 Å². The van der Waals surface area contributed by atoms with E-state index in [9.17, 15) is 8.42 Å². The number of sulfonamides is 1. The molecule has 0 aliphatic rings. The minimum atomic E-state index is -3.49. The van der Waals surface area contributed by atoms with Crippen molar-refractivity contribution in [2.45, 2.75) is 31.9 Å². The zero-order valence-corrected chi connectivity index (χ0v) is 9.92. The molecule has 0 bridgehead atoms. The number of aliphatic hydroxyl groups excluding tert-OH is 1. The van der Waals surface area contributed by atoms with E-state index in [2.05, 4.69) is 4.72 Å². The molecule has 0 aromatic rings. The molecule has 0 aromatic heterocycles. The fourth-order valence-electron chi connectivity index (χ4n) is 0.951. The average Bonchev–Trinajstić information content (AvgIpc) is 2.22. The van der Waals surface area contributed by atoms with Gasteiger partial charge >= 0.3 is 0 Å². The molecule has 6 heteroatoms. The van der Waals surface area contributed by atoms with Crippen molar-refractivity contribution in [2.24, 2.45) is 5.92 Å². The van der Waals surface area contributed by atoms with Gasteiger partial charge in [-0.2, -0.15) is 5.26 Å². The predicted octanol–water partition coefficient (Wildman–Crippen LogP) is 0.226. The molecule has 0 rings (SSSR count). The van der Waals surface area contributed by atoms with E-state index in [0.29, 0.717) is 13.0 Å². The Bertz CT molecular complexity index is 308. The van der Waals surface area contributed by atoms with Crippen molar-refractivity contribution < 1.29 is 13.5 Å². The van der Waals surface area contributed by atoms with Crippen molar-refractivity contribution in [1.82, 2.24) is 4.72 Å². The van der Waals surface area contributed by atoms with Crippen molar-refractivity contribution in [3.8, 4) is 6.07 Å². The second-order valence-corrected chi connectivity index (χ2v) is 5.73. The highest BCUT2D eigenvalue weighted by atomic mass is 32.2. The lowest BCUT2D eigenvalue weighted by atomic mass is 10.1. The summed E-state index contributed by atoms with van der Waals surface area (Å²) in [6.07, 6.45) is 1.43. The summed E-state index contributed by atoms with van der Waals surface area (Å²) in [7, 11) is -3.49. The molecular weight excluding hydrogens is 216 g/mol. The van der Waals surface area contributed by atoms with Crippen LogP contribution in [0.15, 0.2) is 0 Å². The molecule has 2 atom stereocenters. The Morgan fingerprint density at radius 2 is 2.07 bits per heavy atom. The highest BCUT2D eigenvalue weighted by molar-refractivity contribution is 7.90. The van der Waals surface area contributed by atoms with Gasteiger partial charge in [-0.25, -0.2) is 13.1 Å². The van der Waals surface area contributed by atoms with Crippen LogP contribution in [0.3, 0.4) is 0 Å². The lowest BCUT2D eigenvalue weighted by Gasteiger charge is -2.09. The Hall–Kier alpha value is -0.640. The van der Waals surface area contributed by atoms with Gasteiger partial charge in [0.2, 0.25) is 10.0 Å². The van der Waals surface area contributed by atoms with Crippen molar-refractivity contribution in [1.29, 1.82) is 5.26 Å². The first kappa shape index (κ1) is 14.4. The van der Waals surface area contributed by atoms with Crippen LogP contribution < -0.4 is 4.72 Å². The Kier molecular flexibility index (Phi) is 6.48. The lowest BCUT2D eigenvalue weighted by Crippen LogP contribution is -2.32. The summed E-state index contributed by atoms with van der Waals surface area (Å²) in [5.74, 6) is 0.183. The van der Waals surface area contributed by atoms with Crippen LogP contribution >= 0.6 is 0 Å². The Morgan fingerprint density at radius 1 is 1.47 bits per heavy atom. The summed E-state index contributed by atoms with van der Waals surface area (Å²) in [6, 6.07) is 1.68. The number of nitrogens with one attached hydrogen (secondary N) is 1. The van der Waals surface area contributed by atoms with Crippen LogP contribution in [0.5, 0.6) is 0 Å². The van der Waals surface area contributed by atoms with Gasteiger partial charge in [0.15, 0.2) is 5.25 Å². The molecule has 0 aliphatic carbocycles. The molecular formula is C9H18N2O3S. The average molecular weight is 234 g/mol. The summed E-state index contributed by atoms with van der Waals surface area (Å²) >= 11 is 0. The predicted molar refractivity (Wildman–Crippen MR) is 57.5 cm³/mol. The highest BCUT2D eigenvalue weighted by Gasteiger charge is 2.18. The first-order valence-corrected chi connectivity index (χ1v) is 6.47. The highest BCUT2D eigenvalue weighted by Crippen LogP contribution is 2.03. The van der Waals surface area contributed by atoms with Gasteiger partial charge in [-0.3, -0.25) is 0 Å². The molecule has 88 valence electrons. The lowest BCUT2D eigenvalue weighted by molar-refractivity contribution is 0.228. The second-order valence-electron chi connectivity index (χ2n) is 3.64. The van der Waals surface area contributed by atoms with Gasteiger partial charge in [0.05, 0.1) is 6.07 Å². The SMILES string of the molecule is CC(CO)CCCNS(=O)(=O)C(C)C#N. The van der Waals surface area contributed by atoms with E-state index in [1.54, 1.807) is 6.07 Å². The minimum absolute atomic E-state index is 0.112. The molecule has 0 aliphatic heterocycles. The largest absolute Gasteiger partial charge is 0.396 e. The number of nitriles is 1. The molecule has 2 unspecified atom stereocenters. The van der Waals surface area contributed by atoms with Crippen molar-refractivity contribution in [3.05, 3.63) is 0 Å². The van der Waals surface area contributed by atoms with Crippen LogP contribution in [0.1, 0.15) is 26.7 Å². The fraction of sp³-hybridized carbons (Fsp3) is 0.889. The van der Waals surface area contributed by atoms with Crippen molar-refractivity contribution in [2.75, 3.05) is 13.2 Å². The Morgan fingerprint density at radius 3 is 2.53 bits per heavy atom. The van der Waals surface area contributed by atoms with Crippen LogP contribution in [0, 0.1) is 17.2 Å². The van der Waals surface area contributed by atoms with E-state index in [-0.39, 0.29) is 12.5 Å². The summed E-state index contributed by atoms with van der Waals surface area (Å²) in [6.45, 7) is 3.67. The van der Waals surface area contributed by atoms with Crippen molar-refractivity contribution in [3.63, 3.8) is 0 Å². The summed E-state index contributed by atoms with van der Waals surface area (Å²) < 4.78 is 24.9. The van der Waals surface area contributed by atoms with Gasteiger partial charge in [-0.05, 0) is 25.7 Å². The summed E-state index contributed by atoms with van der Waals surface area (Å²) in [5, 5.41) is 16.2. The van der Waals surface area contributed by atoms with E-state index < -0.39 is 15.3 Å². The van der Waals surface area contributed by atoms with E-state index >= 15 is 0 Å². The van der Waals surface area contributed by atoms with Gasteiger partial charge < -0.3 is 5.11 Å². The topological polar surface area (TPSA) is 90.2 Å². The maximum Gasteiger partial charge on any atom is 0.227 e. The zero-order valence-electron chi connectivity index (χ0n) is 9.10. The van der Waals surface area contributed by atoms with Crippen molar-refractivity contribution >= 4 is 10.0 Å². The third-order valence-corrected chi connectivity index (χ3v) is 3.78. The molecule has 0 radical (unpaired) electrons. The normalized spacial score (nSPS) is 15.6. The maximum atomic E-state index is 11.3. The first-order valence-electron chi connectivity index (χ1n) is 4.93. The van der Waals surface area contributed by atoms with Crippen LogP contribution in [-0.2, 0) is 10.0 Å². The van der Waals surface area contributed by atoms with Crippen LogP contribution in [0.25, 0.3) is 0 Å². The van der Waals surface area contributed by atoms with Crippen LogP contribution in [0.2, 0.25) is 0 Å². The number of rotatable bonds is 7. The zero-order chi connectivity index (χ0) is 11.9. The van der Waals surface area contributed by atoms with E-state index in [4.69, 9.17) is 10.4 Å². The molecule has 5 nitrogen and oxygen atoms in total. The van der Waals surface area contributed by atoms with Gasteiger partial charge in [-0.15, -0.1) is 0 Å². The van der Waals surface area contributed by atoms with Gasteiger partial charge in [0, 0.05) is 13.2 Å². The molecule has 15 heavy (non-hydrogen) atoms. The smallest absolute Gasteiger partial charge is 0.227 e. The molecule has 0 spiro atoms. The van der Waals surface area contributed by atoms with Gasteiger partial charge in [-0.1, -0.05) is 6.92 Å². The van der Waals surface area contributed by atoms with E-state index in [1.165, 1.54) is 6.92 Å². The molecule has 0 saturated carbocycles. The van der Waals surface area contributed by atoms with E-state index in [0.717, 1.165) is 6.42 Å². The van der Waals surface area contributed by atoms with Gasteiger partial charge in [0.1, 0.15) is 0 Å². The standard InChI is InChI=1S/C9H18N2O3S/c1-8(7-12)4-3-5-11-15(13,14)9(2)6-10/h8-9,11-12H,3-5,7H2,1-2H3. The first-order chi connectivity index (χ1) is 6.94. The molecule has 0 amide bonds. The molecule has 0 saturated heterocycles. The Labute approximate surface area is 91.2 Å².